The van der Waals surface area contributed by atoms with Crippen molar-refractivity contribution in [1.82, 2.24) is 0 Å². The minimum atomic E-state index is -1.71. The Bertz CT molecular complexity index is 253. The quantitative estimate of drug-likeness (QED) is 0.404. The summed E-state index contributed by atoms with van der Waals surface area (Å²) in [6.45, 7) is 8.19. The molecule has 5 nitrogen and oxygen atoms in total. The molecule has 0 rings (SSSR count). The van der Waals surface area contributed by atoms with E-state index in [4.69, 9.17) is 14.2 Å². The Balaban J connectivity index is 4.95. The van der Waals surface area contributed by atoms with Gasteiger partial charge < -0.3 is 14.2 Å². The third kappa shape index (κ3) is 6.80. The van der Waals surface area contributed by atoms with Crippen molar-refractivity contribution in [3.05, 3.63) is 0 Å². The van der Waals surface area contributed by atoms with E-state index in [2.05, 4.69) is 0 Å². The third-order valence-electron chi connectivity index (χ3n) is 2.24. The lowest BCUT2D eigenvalue weighted by molar-refractivity contribution is -0.353. The van der Waals surface area contributed by atoms with Crippen LogP contribution in [0.25, 0.3) is 0 Å². The van der Waals surface area contributed by atoms with E-state index >= 15 is 0 Å². The van der Waals surface area contributed by atoms with Crippen molar-refractivity contribution in [3.8, 4) is 0 Å². The summed E-state index contributed by atoms with van der Waals surface area (Å²) in [6, 6.07) is 0. The van der Waals surface area contributed by atoms with Crippen LogP contribution in [0.5, 0.6) is 0 Å². The van der Waals surface area contributed by atoms with Crippen LogP contribution in [0.1, 0.15) is 53.4 Å². The summed E-state index contributed by atoms with van der Waals surface area (Å²) < 4.78 is 16.5. The van der Waals surface area contributed by atoms with Gasteiger partial charge in [-0.25, -0.2) is 0 Å². The number of Topliss-reactive ketones (excluding diaryl/α,β-unsaturated/α-hetero) is 2. The van der Waals surface area contributed by atoms with Crippen molar-refractivity contribution in [1.29, 1.82) is 0 Å². The SMILES string of the molecule is CCCOC(OCCC)(OCCC)C(=O)CC(C)=O. The molecular weight excluding hydrogens is 248 g/mol. The normalized spacial score (nSPS) is 11.6. The molecule has 19 heavy (non-hydrogen) atoms. The summed E-state index contributed by atoms with van der Waals surface area (Å²) >= 11 is 0. The van der Waals surface area contributed by atoms with Gasteiger partial charge in [-0.15, -0.1) is 0 Å². The molecule has 0 unspecified atom stereocenters. The fraction of sp³-hybridized carbons (Fsp3) is 0.857. The molecule has 0 aromatic rings. The molecule has 0 aliphatic carbocycles. The van der Waals surface area contributed by atoms with Gasteiger partial charge >= 0.3 is 5.97 Å². The summed E-state index contributed by atoms with van der Waals surface area (Å²) in [4.78, 5) is 23.3. The Morgan fingerprint density at radius 3 is 1.47 bits per heavy atom. The van der Waals surface area contributed by atoms with Crippen LogP contribution >= 0.6 is 0 Å². The second-order valence-corrected chi connectivity index (χ2v) is 4.40. The average Bonchev–Trinajstić information content (AvgIpc) is 2.37. The van der Waals surface area contributed by atoms with Crippen LogP contribution in [0.15, 0.2) is 0 Å². The fourth-order valence-electron chi connectivity index (χ4n) is 1.41. The molecular formula is C14H26O5. The molecule has 0 atom stereocenters. The maximum absolute atomic E-state index is 12.2. The molecule has 0 bridgehead atoms. The van der Waals surface area contributed by atoms with Gasteiger partial charge in [-0.2, -0.15) is 0 Å². The van der Waals surface area contributed by atoms with Gasteiger partial charge in [-0.1, -0.05) is 20.8 Å². The number of carbonyl (C=O) groups is 2. The highest BCUT2D eigenvalue weighted by Crippen LogP contribution is 2.20. The van der Waals surface area contributed by atoms with E-state index in [0.717, 1.165) is 19.3 Å². The first kappa shape index (κ1) is 18.2. The Hall–Kier alpha value is -0.780. The molecule has 0 amide bonds. The lowest BCUT2D eigenvalue weighted by Gasteiger charge is -2.31. The minimum Gasteiger partial charge on any atom is -0.321 e. The number of rotatable bonds is 12. The molecule has 0 saturated carbocycles. The molecule has 0 spiro atoms. The van der Waals surface area contributed by atoms with Crippen LogP contribution in [0.4, 0.5) is 0 Å². The van der Waals surface area contributed by atoms with Crippen LogP contribution in [-0.4, -0.2) is 37.4 Å². The van der Waals surface area contributed by atoms with Crippen molar-refractivity contribution < 1.29 is 23.8 Å². The van der Waals surface area contributed by atoms with Gasteiger partial charge in [0, 0.05) is 0 Å². The molecule has 0 heterocycles. The van der Waals surface area contributed by atoms with Gasteiger partial charge in [0.2, 0.25) is 5.78 Å². The lowest BCUT2D eigenvalue weighted by Crippen LogP contribution is -2.48. The zero-order valence-electron chi connectivity index (χ0n) is 12.5. The van der Waals surface area contributed by atoms with Crippen LogP contribution in [0.3, 0.4) is 0 Å². The summed E-state index contributed by atoms with van der Waals surface area (Å²) in [6.07, 6.45) is 1.97. The first-order valence-electron chi connectivity index (χ1n) is 6.97. The predicted octanol–water partition coefficient (Wildman–Crippen LogP) is 2.47. The summed E-state index contributed by atoms with van der Waals surface area (Å²) in [5, 5.41) is 0. The molecule has 0 saturated heterocycles. The van der Waals surface area contributed by atoms with Gasteiger partial charge in [-0.05, 0) is 26.2 Å². The molecule has 0 aromatic carbocycles. The van der Waals surface area contributed by atoms with Crippen LogP contribution in [-0.2, 0) is 23.8 Å². The first-order valence-corrected chi connectivity index (χ1v) is 6.97. The monoisotopic (exact) mass is 274 g/mol. The summed E-state index contributed by atoms with van der Waals surface area (Å²) in [5.74, 6) is -2.40. The van der Waals surface area contributed by atoms with Gasteiger partial charge in [0.1, 0.15) is 5.78 Å². The largest absolute Gasteiger partial charge is 0.347 e. The van der Waals surface area contributed by atoms with Gasteiger partial charge in [0.25, 0.3) is 0 Å². The second-order valence-electron chi connectivity index (χ2n) is 4.40. The van der Waals surface area contributed by atoms with E-state index in [1.165, 1.54) is 6.92 Å². The van der Waals surface area contributed by atoms with E-state index in [1.807, 2.05) is 20.8 Å². The second kappa shape index (κ2) is 10.1. The van der Waals surface area contributed by atoms with Crippen LogP contribution < -0.4 is 0 Å². The van der Waals surface area contributed by atoms with E-state index < -0.39 is 11.8 Å². The van der Waals surface area contributed by atoms with E-state index in [9.17, 15) is 9.59 Å². The maximum Gasteiger partial charge on any atom is 0.347 e. The van der Waals surface area contributed by atoms with Crippen LogP contribution in [0, 0.1) is 0 Å². The zero-order valence-corrected chi connectivity index (χ0v) is 12.5. The topological polar surface area (TPSA) is 61.8 Å². The maximum atomic E-state index is 12.2. The highest BCUT2D eigenvalue weighted by molar-refractivity contribution is 6.00. The van der Waals surface area contributed by atoms with Crippen molar-refractivity contribution in [2.45, 2.75) is 59.4 Å². The Kier molecular flexibility index (Phi) is 9.65. The van der Waals surface area contributed by atoms with Gasteiger partial charge in [-0.3, -0.25) is 9.59 Å². The Morgan fingerprint density at radius 2 is 1.21 bits per heavy atom. The number of hydrogen-bond acceptors (Lipinski definition) is 5. The smallest absolute Gasteiger partial charge is 0.321 e. The lowest BCUT2D eigenvalue weighted by atomic mass is 10.2. The fourth-order valence-corrected chi connectivity index (χ4v) is 1.41. The van der Waals surface area contributed by atoms with Crippen LogP contribution in [0.2, 0.25) is 0 Å². The van der Waals surface area contributed by atoms with Gasteiger partial charge in [0.15, 0.2) is 0 Å². The molecule has 5 heteroatoms. The first-order chi connectivity index (χ1) is 9.02. The highest BCUT2D eigenvalue weighted by atomic mass is 16.9. The minimum absolute atomic E-state index is 0.227. The van der Waals surface area contributed by atoms with Crippen molar-refractivity contribution in [3.63, 3.8) is 0 Å². The molecule has 0 radical (unpaired) electrons. The molecule has 0 N–H and O–H groups in total. The predicted molar refractivity (Wildman–Crippen MR) is 71.8 cm³/mol. The van der Waals surface area contributed by atoms with Crippen molar-refractivity contribution in [2.24, 2.45) is 0 Å². The third-order valence-corrected chi connectivity index (χ3v) is 2.24. The van der Waals surface area contributed by atoms with Crippen molar-refractivity contribution in [2.75, 3.05) is 19.8 Å². The molecule has 0 aliphatic heterocycles. The Labute approximate surface area is 115 Å². The van der Waals surface area contributed by atoms with E-state index in [1.54, 1.807) is 0 Å². The van der Waals surface area contributed by atoms with E-state index in [0.29, 0.717) is 19.8 Å². The molecule has 0 aliphatic rings. The zero-order chi connectivity index (χ0) is 14.7. The summed E-state index contributed by atoms with van der Waals surface area (Å²) in [5.41, 5.74) is 0. The number of ketones is 2. The highest BCUT2D eigenvalue weighted by Gasteiger charge is 2.42. The number of carbonyl (C=O) groups excluding carboxylic acids is 2. The number of hydrogen-bond donors (Lipinski definition) is 0. The average molecular weight is 274 g/mol. The molecule has 0 fully saturated rings. The molecule has 0 aromatic heterocycles. The number of ether oxygens (including phenoxy) is 3. The molecule has 112 valence electrons. The van der Waals surface area contributed by atoms with Gasteiger partial charge in [0.05, 0.1) is 26.2 Å². The summed E-state index contributed by atoms with van der Waals surface area (Å²) in [7, 11) is 0. The van der Waals surface area contributed by atoms with Crippen molar-refractivity contribution >= 4 is 11.6 Å². The Morgan fingerprint density at radius 1 is 0.842 bits per heavy atom. The van der Waals surface area contributed by atoms with E-state index in [-0.39, 0.29) is 12.2 Å². The standard InChI is InChI=1S/C14H26O5/c1-5-8-17-14(18-9-6-2,19-10-7-3)13(16)11-12(4)15/h5-11H2,1-4H3.